The van der Waals surface area contributed by atoms with Crippen LogP contribution in [0.3, 0.4) is 0 Å². The van der Waals surface area contributed by atoms with Crippen molar-refractivity contribution in [3.63, 3.8) is 0 Å². The van der Waals surface area contributed by atoms with Gasteiger partial charge in [0.2, 0.25) is 0 Å². The maximum absolute atomic E-state index is 8.74. The molecule has 0 bridgehead atoms. The summed E-state index contributed by atoms with van der Waals surface area (Å²) in [6.07, 6.45) is 0.837. The Bertz CT molecular complexity index is 504. The molecule has 2 N–H and O–H groups in total. The molecule has 0 radical (unpaired) electrons. The van der Waals surface area contributed by atoms with Gasteiger partial charge in [-0.15, -0.1) is 0 Å². The molecule has 96 valence electrons. The highest BCUT2D eigenvalue weighted by Gasteiger charge is 2.07. The first kappa shape index (κ1) is 12.6. The molecule has 1 aromatic carbocycles. The first-order chi connectivity index (χ1) is 8.74. The number of hydrogen-bond acceptors (Lipinski definition) is 4. The molecular formula is C13H18N4O. The Hall–Kier alpha value is -1.88. The normalized spacial score (nSPS) is 10.6. The molecule has 0 spiro atoms. The topological polar surface area (TPSA) is 63.0 Å². The molecule has 5 heteroatoms. The molecule has 0 amide bonds. The van der Waals surface area contributed by atoms with Gasteiger partial charge < -0.3 is 10.4 Å². The summed E-state index contributed by atoms with van der Waals surface area (Å²) < 4.78 is 1.80. The SMILES string of the molecule is CCc1nc(-c2ccc(NCCO)cc2)n(C)n1. The Kier molecular flexibility index (Phi) is 3.94. The van der Waals surface area contributed by atoms with Crippen molar-refractivity contribution in [3.05, 3.63) is 30.1 Å². The summed E-state index contributed by atoms with van der Waals surface area (Å²) in [5.74, 6) is 1.73. The number of nitrogens with one attached hydrogen (secondary N) is 1. The molecule has 0 atom stereocenters. The third-order valence-electron chi connectivity index (χ3n) is 2.71. The van der Waals surface area contributed by atoms with E-state index in [1.165, 1.54) is 0 Å². The first-order valence-electron chi connectivity index (χ1n) is 6.09. The second-order valence-corrected chi connectivity index (χ2v) is 4.06. The standard InChI is InChI=1S/C13H18N4O/c1-3-12-15-13(17(2)16-12)10-4-6-11(7-5-10)14-8-9-18/h4-7,14,18H,3,8-9H2,1-2H3. The Morgan fingerprint density at radius 3 is 2.56 bits per heavy atom. The minimum Gasteiger partial charge on any atom is -0.395 e. The van der Waals surface area contributed by atoms with Gasteiger partial charge in [-0.1, -0.05) is 6.92 Å². The highest BCUT2D eigenvalue weighted by atomic mass is 16.3. The lowest BCUT2D eigenvalue weighted by molar-refractivity contribution is 0.311. The molecule has 1 heterocycles. The molecule has 0 fully saturated rings. The highest BCUT2D eigenvalue weighted by molar-refractivity contribution is 5.59. The number of benzene rings is 1. The fourth-order valence-corrected chi connectivity index (χ4v) is 1.78. The summed E-state index contributed by atoms with van der Waals surface area (Å²) >= 11 is 0. The van der Waals surface area contributed by atoms with Crippen LogP contribution in [0.25, 0.3) is 11.4 Å². The summed E-state index contributed by atoms with van der Waals surface area (Å²) in [5, 5.41) is 16.2. The molecule has 2 rings (SSSR count). The van der Waals surface area contributed by atoms with Crippen LogP contribution in [0, 0.1) is 0 Å². The minimum absolute atomic E-state index is 0.130. The van der Waals surface area contributed by atoms with Gasteiger partial charge in [-0.25, -0.2) is 9.67 Å². The molecule has 1 aromatic heterocycles. The number of rotatable bonds is 5. The Labute approximate surface area is 106 Å². The van der Waals surface area contributed by atoms with E-state index in [-0.39, 0.29) is 6.61 Å². The van der Waals surface area contributed by atoms with Gasteiger partial charge in [-0.2, -0.15) is 5.10 Å². The number of hydrogen-bond donors (Lipinski definition) is 2. The number of aliphatic hydroxyl groups excluding tert-OH is 1. The fraction of sp³-hybridized carbons (Fsp3) is 0.385. The van der Waals surface area contributed by atoms with Crippen LogP contribution in [-0.4, -0.2) is 33.0 Å². The summed E-state index contributed by atoms with van der Waals surface area (Å²) in [5.41, 5.74) is 2.03. The van der Waals surface area contributed by atoms with Crippen molar-refractivity contribution < 1.29 is 5.11 Å². The monoisotopic (exact) mass is 246 g/mol. The van der Waals surface area contributed by atoms with Crippen molar-refractivity contribution in [2.45, 2.75) is 13.3 Å². The summed E-state index contributed by atoms with van der Waals surface area (Å²) in [6, 6.07) is 7.96. The zero-order valence-corrected chi connectivity index (χ0v) is 10.7. The van der Waals surface area contributed by atoms with E-state index in [1.54, 1.807) is 4.68 Å². The van der Waals surface area contributed by atoms with E-state index in [4.69, 9.17) is 5.11 Å². The Morgan fingerprint density at radius 1 is 1.28 bits per heavy atom. The van der Waals surface area contributed by atoms with Crippen LogP contribution in [0.2, 0.25) is 0 Å². The van der Waals surface area contributed by atoms with Crippen molar-refractivity contribution in [3.8, 4) is 11.4 Å². The van der Waals surface area contributed by atoms with Crippen LogP contribution in [0.15, 0.2) is 24.3 Å². The van der Waals surface area contributed by atoms with Gasteiger partial charge in [-0.05, 0) is 24.3 Å². The maximum atomic E-state index is 8.74. The highest BCUT2D eigenvalue weighted by Crippen LogP contribution is 2.19. The molecule has 5 nitrogen and oxygen atoms in total. The number of aliphatic hydroxyl groups is 1. The second-order valence-electron chi connectivity index (χ2n) is 4.06. The zero-order valence-electron chi connectivity index (χ0n) is 10.7. The van der Waals surface area contributed by atoms with Crippen LogP contribution in [0.5, 0.6) is 0 Å². The Balaban J connectivity index is 2.20. The minimum atomic E-state index is 0.130. The van der Waals surface area contributed by atoms with Crippen molar-refractivity contribution in [1.82, 2.24) is 14.8 Å². The lowest BCUT2D eigenvalue weighted by atomic mass is 10.2. The molecule has 0 unspecified atom stereocenters. The van der Waals surface area contributed by atoms with Gasteiger partial charge in [0.15, 0.2) is 11.6 Å². The largest absolute Gasteiger partial charge is 0.395 e. The van der Waals surface area contributed by atoms with E-state index in [0.717, 1.165) is 29.3 Å². The predicted octanol–water partition coefficient (Wildman–Crippen LogP) is 1.45. The average molecular weight is 246 g/mol. The van der Waals surface area contributed by atoms with Gasteiger partial charge in [0.1, 0.15) is 0 Å². The molecule has 0 saturated heterocycles. The van der Waals surface area contributed by atoms with Gasteiger partial charge in [0.25, 0.3) is 0 Å². The average Bonchev–Trinajstić information content (AvgIpc) is 2.78. The summed E-state index contributed by atoms with van der Waals surface area (Å²) in [6.45, 7) is 2.73. The molecule has 18 heavy (non-hydrogen) atoms. The van der Waals surface area contributed by atoms with E-state index in [9.17, 15) is 0 Å². The lowest BCUT2D eigenvalue weighted by Gasteiger charge is -2.05. The second kappa shape index (κ2) is 5.64. The number of nitrogens with zero attached hydrogens (tertiary/aromatic N) is 3. The number of aryl methyl sites for hydroxylation is 2. The van der Waals surface area contributed by atoms with E-state index < -0.39 is 0 Å². The molecule has 0 saturated carbocycles. The third-order valence-corrected chi connectivity index (χ3v) is 2.71. The Morgan fingerprint density at radius 2 is 2.00 bits per heavy atom. The van der Waals surface area contributed by atoms with Crippen molar-refractivity contribution in [2.24, 2.45) is 7.05 Å². The first-order valence-corrected chi connectivity index (χ1v) is 6.09. The van der Waals surface area contributed by atoms with Crippen LogP contribution in [0.1, 0.15) is 12.7 Å². The van der Waals surface area contributed by atoms with E-state index in [0.29, 0.717) is 6.54 Å². The molecular weight excluding hydrogens is 228 g/mol. The molecule has 0 aliphatic rings. The van der Waals surface area contributed by atoms with Gasteiger partial charge in [0, 0.05) is 31.3 Å². The third kappa shape index (κ3) is 2.68. The van der Waals surface area contributed by atoms with E-state index >= 15 is 0 Å². The van der Waals surface area contributed by atoms with E-state index in [1.807, 2.05) is 38.2 Å². The maximum Gasteiger partial charge on any atom is 0.158 e. The van der Waals surface area contributed by atoms with Gasteiger partial charge in [0.05, 0.1) is 6.61 Å². The van der Waals surface area contributed by atoms with Crippen molar-refractivity contribution in [2.75, 3.05) is 18.5 Å². The summed E-state index contributed by atoms with van der Waals surface area (Å²) in [4.78, 5) is 4.48. The zero-order chi connectivity index (χ0) is 13.0. The smallest absolute Gasteiger partial charge is 0.158 e. The van der Waals surface area contributed by atoms with E-state index in [2.05, 4.69) is 15.4 Å². The van der Waals surface area contributed by atoms with Crippen LogP contribution in [-0.2, 0) is 13.5 Å². The van der Waals surface area contributed by atoms with Gasteiger partial charge >= 0.3 is 0 Å². The molecule has 0 aliphatic heterocycles. The number of anilines is 1. The van der Waals surface area contributed by atoms with Crippen LogP contribution in [0.4, 0.5) is 5.69 Å². The molecule has 0 aliphatic carbocycles. The predicted molar refractivity (Wildman–Crippen MR) is 71.4 cm³/mol. The molecule has 2 aromatic rings. The quantitative estimate of drug-likeness (QED) is 0.838. The number of aromatic nitrogens is 3. The van der Waals surface area contributed by atoms with Gasteiger partial charge in [-0.3, -0.25) is 0 Å². The summed E-state index contributed by atoms with van der Waals surface area (Å²) in [7, 11) is 1.90. The van der Waals surface area contributed by atoms with Crippen LogP contribution < -0.4 is 5.32 Å². The van der Waals surface area contributed by atoms with Crippen molar-refractivity contribution >= 4 is 5.69 Å². The van der Waals surface area contributed by atoms with Crippen LogP contribution >= 0.6 is 0 Å². The van der Waals surface area contributed by atoms with Crippen molar-refractivity contribution in [1.29, 1.82) is 0 Å². The lowest BCUT2D eigenvalue weighted by Crippen LogP contribution is -2.05. The fourth-order valence-electron chi connectivity index (χ4n) is 1.78.